The molecule has 0 saturated heterocycles. The molecule has 0 spiro atoms. The zero-order valence-corrected chi connectivity index (χ0v) is 0. The molecule has 0 nitrogen and oxygen atoms in total. The van der Waals surface area contributed by atoms with E-state index in [2.05, 4.69) is 0 Å². The van der Waals surface area contributed by atoms with E-state index in [9.17, 15) is 0 Å². The molecule has 0 aliphatic rings. The summed E-state index contributed by atoms with van der Waals surface area (Å²) in [6, 6.07) is 0. The molecule has 0 amide bonds. The van der Waals surface area contributed by atoms with Gasteiger partial charge >= 0.3 is 822 Å². The first-order chi connectivity index (χ1) is 0. The van der Waals surface area contributed by atoms with Crippen LogP contribution in [0, 0.1) is 0 Å². The van der Waals surface area contributed by atoms with Crippen LogP contribution in [0.25, 0.3) is 0 Å². The molecular formula is H16K16. The Bertz CT molecular complexity index is 0. The molecule has 16 heavy (non-hydrogen) atoms. The van der Waals surface area contributed by atoms with E-state index in [1.54, 1.807) is 0 Å². The van der Waals surface area contributed by atoms with E-state index in [4.69, 9.17) is 0 Å². The van der Waals surface area contributed by atoms with E-state index in [-0.39, 0.29) is 822 Å². The quantitative estimate of drug-likeness (QED) is 0.231. The molecule has 0 aromatic rings. The summed E-state index contributed by atoms with van der Waals surface area (Å²) in [5, 5.41) is 0. The molecule has 0 aliphatic carbocycles. The van der Waals surface area contributed by atoms with Crippen LogP contribution in [-0.2, 0) is 0 Å². The molecule has 0 bridgehead atoms. The average molecular weight is 642 g/mol. The number of rotatable bonds is 0. The van der Waals surface area contributed by atoms with Gasteiger partial charge in [0.25, 0.3) is 0 Å². The normalized spacial score (nSPS) is 0. The van der Waals surface area contributed by atoms with Crippen molar-refractivity contribution < 1.29 is 0 Å². The molecule has 0 aliphatic heterocycles. The summed E-state index contributed by atoms with van der Waals surface area (Å²) < 4.78 is 0. The second-order valence-electron chi connectivity index (χ2n) is 0. The van der Waals surface area contributed by atoms with Crippen molar-refractivity contribution in [2.24, 2.45) is 0 Å². The SMILES string of the molecule is [KH].[KH].[KH].[KH].[KH].[KH].[KH].[KH].[KH].[KH].[KH].[KH].[KH].[KH].[KH].[KH]. The van der Waals surface area contributed by atoms with Crippen molar-refractivity contribution in [1.82, 2.24) is 0 Å². The summed E-state index contributed by atoms with van der Waals surface area (Å²) in [6.07, 6.45) is 0. The Hall–Kier alpha value is 26.2. The molecule has 16 heteroatoms. The predicted octanol–water partition coefficient (Wildman–Crippen LogP) is -10.4. The van der Waals surface area contributed by atoms with E-state index in [0.29, 0.717) is 0 Å². The van der Waals surface area contributed by atoms with Gasteiger partial charge in [0, 0.05) is 0 Å². The van der Waals surface area contributed by atoms with Gasteiger partial charge in [-0.3, -0.25) is 0 Å². The molecule has 0 aromatic heterocycles. The van der Waals surface area contributed by atoms with Crippen LogP contribution in [0.5, 0.6) is 0 Å². The van der Waals surface area contributed by atoms with Crippen LogP contribution in [0.15, 0.2) is 0 Å². The fourth-order valence-electron chi connectivity index (χ4n) is 0. The zero-order valence-electron chi connectivity index (χ0n) is 0. The third-order valence-electron chi connectivity index (χ3n) is 0. The summed E-state index contributed by atoms with van der Waals surface area (Å²) in [5.74, 6) is 0. The zero-order chi connectivity index (χ0) is 0. The topological polar surface area (TPSA) is 0 Å². The minimum atomic E-state index is 0. The monoisotopic (exact) mass is 640 g/mol. The molecule has 0 heterocycles. The van der Waals surface area contributed by atoms with E-state index in [1.165, 1.54) is 0 Å². The van der Waals surface area contributed by atoms with Gasteiger partial charge in [-0.05, 0) is 0 Å². The van der Waals surface area contributed by atoms with Gasteiger partial charge in [-0.15, -0.1) is 0 Å². The molecule has 0 atom stereocenters. The van der Waals surface area contributed by atoms with Gasteiger partial charge in [-0.2, -0.15) is 0 Å². The van der Waals surface area contributed by atoms with Crippen molar-refractivity contribution >= 4 is 822 Å². The van der Waals surface area contributed by atoms with Crippen molar-refractivity contribution in [2.75, 3.05) is 0 Å². The van der Waals surface area contributed by atoms with Gasteiger partial charge in [-0.1, -0.05) is 0 Å². The molecular weight excluding hydrogens is 626 g/mol. The van der Waals surface area contributed by atoms with E-state index >= 15 is 0 Å². The maximum atomic E-state index is 0. The molecule has 0 N–H and O–H groups in total. The van der Waals surface area contributed by atoms with Crippen LogP contribution in [0.2, 0.25) is 0 Å². The Labute approximate surface area is 784 Å². The molecule has 0 radical (unpaired) electrons. The van der Waals surface area contributed by atoms with Crippen molar-refractivity contribution in [1.29, 1.82) is 0 Å². The van der Waals surface area contributed by atoms with Gasteiger partial charge in [0.1, 0.15) is 0 Å². The standard InChI is InChI=1S/16K.16H. The maximum absolute atomic E-state index is 0. The summed E-state index contributed by atoms with van der Waals surface area (Å²) in [5.41, 5.74) is 0. The van der Waals surface area contributed by atoms with Crippen LogP contribution in [0.4, 0.5) is 0 Å². The Morgan fingerprint density at radius 3 is 0.0625 bits per heavy atom. The molecule has 0 rings (SSSR count). The van der Waals surface area contributed by atoms with Crippen LogP contribution < -0.4 is 0 Å². The summed E-state index contributed by atoms with van der Waals surface area (Å²) >= 11 is 0. The van der Waals surface area contributed by atoms with Crippen LogP contribution in [0.3, 0.4) is 0 Å². The fourth-order valence-corrected chi connectivity index (χ4v) is 0. The van der Waals surface area contributed by atoms with Crippen molar-refractivity contribution in [2.45, 2.75) is 0 Å². The second kappa shape index (κ2) is 97.0. The Balaban J connectivity index is 0. The molecule has 0 aromatic carbocycles. The second-order valence-corrected chi connectivity index (χ2v) is 0. The van der Waals surface area contributed by atoms with Gasteiger partial charge in [0.2, 0.25) is 0 Å². The first kappa shape index (κ1) is 104. The van der Waals surface area contributed by atoms with Gasteiger partial charge in [0.15, 0.2) is 0 Å². The number of hydrogen-bond acceptors (Lipinski definition) is 0. The number of hydrogen-bond donors (Lipinski definition) is 0. The Morgan fingerprint density at radius 1 is 0.0625 bits per heavy atom. The van der Waals surface area contributed by atoms with Gasteiger partial charge < -0.3 is 0 Å². The van der Waals surface area contributed by atoms with E-state index in [0.717, 1.165) is 0 Å². The van der Waals surface area contributed by atoms with E-state index in [1.807, 2.05) is 0 Å². The average Bonchev–Trinajstić information content (AvgIpc) is 0. The van der Waals surface area contributed by atoms with Crippen LogP contribution >= 0.6 is 0 Å². The summed E-state index contributed by atoms with van der Waals surface area (Å²) in [7, 11) is 0. The van der Waals surface area contributed by atoms with Gasteiger partial charge in [0.05, 0.1) is 0 Å². The van der Waals surface area contributed by atoms with Crippen LogP contribution in [-0.4, -0.2) is 822 Å². The van der Waals surface area contributed by atoms with E-state index < -0.39 is 0 Å². The first-order valence-electron chi connectivity index (χ1n) is 0. The Kier molecular flexibility index (Phi) is 633. The molecule has 0 fully saturated rings. The van der Waals surface area contributed by atoms with Crippen LogP contribution in [0.1, 0.15) is 0 Å². The van der Waals surface area contributed by atoms with Crippen molar-refractivity contribution in [3.05, 3.63) is 0 Å². The Morgan fingerprint density at radius 2 is 0.0625 bits per heavy atom. The molecule has 0 saturated carbocycles. The third-order valence-corrected chi connectivity index (χ3v) is 0. The van der Waals surface area contributed by atoms with Crippen molar-refractivity contribution in [3.8, 4) is 0 Å². The summed E-state index contributed by atoms with van der Waals surface area (Å²) in [6.45, 7) is 0. The van der Waals surface area contributed by atoms with Crippen molar-refractivity contribution in [3.63, 3.8) is 0 Å². The first-order valence-corrected chi connectivity index (χ1v) is 0. The predicted molar refractivity (Wildman–Crippen MR) is 114 cm³/mol. The fraction of sp³-hybridized carbons (Fsp3) is 0. The minimum absolute atomic E-state index is 0. The molecule has 0 unspecified atom stereocenters. The van der Waals surface area contributed by atoms with Gasteiger partial charge in [-0.25, -0.2) is 0 Å². The third kappa shape index (κ3) is 90.0. The summed E-state index contributed by atoms with van der Waals surface area (Å²) in [4.78, 5) is 0. The molecule has 32 valence electrons.